The van der Waals surface area contributed by atoms with Gasteiger partial charge in [0, 0.05) is 98.9 Å². The molecule has 23 rings (SSSR count). The lowest BCUT2D eigenvalue weighted by molar-refractivity contribution is 1.16. The number of aromatic nitrogens is 2. The predicted molar refractivity (Wildman–Crippen MR) is 437 cm³/mol. The van der Waals surface area contributed by atoms with Crippen molar-refractivity contribution in [3.63, 3.8) is 0 Å². The number of benzene rings is 15. The number of rotatable bonds is 8. The second-order valence-electron chi connectivity index (χ2n) is 27.0. The predicted octanol–water partition coefficient (Wildman–Crippen LogP) is 22.1. The van der Waals surface area contributed by atoms with Crippen LogP contribution in [-0.2, 0) is 23.6 Å². The van der Waals surface area contributed by atoms with Crippen LogP contribution in [0.2, 0.25) is 0 Å². The first-order valence-corrected chi connectivity index (χ1v) is 40.3. The summed E-state index contributed by atoms with van der Waals surface area (Å²) in [6.07, 6.45) is 0. The Hall–Kier alpha value is -12.0. The summed E-state index contributed by atoms with van der Waals surface area (Å²) < 4.78 is 4.99. The number of hydrogen-bond acceptors (Lipinski definition) is 8. The summed E-state index contributed by atoms with van der Waals surface area (Å²) in [5.74, 6) is 0. The van der Waals surface area contributed by atoms with Crippen molar-refractivity contribution in [3.05, 3.63) is 340 Å². The van der Waals surface area contributed by atoms with E-state index in [1.165, 1.54) is 0 Å². The summed E-state index contributed by atoms with van der Waals surface area (Å²) in [7, 11) is 0. The Morgan fingerprint density at radius 1 is 0.186 bits per heavy atom. The van der Waals surface area contributed by atoms with E-state index in [2.05, 4.69) is 378 Å². The Bertz CT molecular complexity index is 6190. The maximum atomic E-state index is 8.57. The molecule has 478 valence electrons. The largest absolute Gasteiger partial charge is 0.309 e. The van der Waals surface area contributed by atoms with Crippen molar-refractivity contribution in [2.45, 2.75) is 0 Å². The Balaban J connectivity index is 1.01. The third kappa shape index (κ3) is 7.11. The first-order chi connectivity index (χ1) is 50.5. The molecule has 102 heavy (non-hydrogen) atoms. The molecule has 6 aliphatic rings. The fourth-order valence-corrected chi connectivity index (χ4v) is 28.8. The number of hydrogen-bond donors (Lipinski definition) is 0. The Kier molecular flexibility index (Phi) is 11.6. The molecule has 2 aromatic heterocycles. The van der Waals surface area contributed by atoms with Crippen LogP contribution in [0.25, 0.3) is 55.0 Å². The van der Waals surface area contributed by atoms with Crippen LogP contribution in [-0.4, -0.2) is 9.13 Å². The topological polar surface area (TPSA) is 29.3 Å². The maximum absolute atomic E-state index is 8.57. The van der Waals surface area contributed by atoms with Crippen LogP contribution in [0, 0.1) is 0 Å². The van der Waals surface area contributed by atoms with Crippen molar-refractivity contribution in [1.82, 2.24) is 9.13 Å². The van der Waals surface area contributed by atoms with E-state index in [9.17, 15) is 0 Å². The molecule has 0 spiro atoms. The molecule has 0 amide bonds. The number of para-hydroxylation sites is 10. The first kappa shape index (κ1) is 56.8. The van der Waals surface area contributed by atoms with E-state index < -0.39 is 12.1 Å². The number of fused-ring (bicyclic) bond motifs is 10. The Morgan fingerprint density at radius 2 is 0.422 bits per heavy atom. The van der Waals surface area contributed by atoms with E-state index >= 15 is 0 Å². The van der Waals surface area contributed by atoms with Gasteiger partial charge in [0.15, 0.2) is 0 Å². The minimum absolute atomic E-state index is 1.01. The van der Waals surface area contributed by atoms with Gasteiger partial charge in [-0.2, -0.15) is 0 Å². The van der Waals surface area contributed by atoms with Gasteiger partial charge < -0.3 is 38.5 Å². The van der Waals surface area contributed by atoms with Gasteiger partial charge in [0.1, 0.15) is 0 Å². The van der Waals surface area contributed by atoms with E-state index in [0.717, 1.165) is 189 Å². The average molecular weight is 1380 g/mol. The molecule has 0 fully saturated rings. The third-order valence-electron chi connectivity index (χ3n) is 21.9. The molecule has 15 aromatic carbocycles. The molecular weight excluding hydrogens is 1320 g/mol. The van der Waals surface area contributed by atoms with Gasteiger partial charge in [0.2, 0.25) is 0 Å². The molecular formula is C90H56N8P2S2. The lowest BCUT2D eigenvalue weighted by atomic mass is 9.99. The molecule has 0 aliphatic carbocycles. The van der Waals surface area contributed by atoms with E-state index in [0.29, 0.717) is 0 Å². The van der Waals surface area contributed by atoms with Crippen LogP contribution >= 0.6 is 12.1 Å². The normalized spacial score (nSPS) is 16.7. The quantitative estimate of drug-likeness (QED) is 0.139. The molecule has 8 heterocycles. The van der Waals surface area contributed by atoms with Crippen molar-refractivity contribution < 1.29 is 0 Å². The van der Waals surface area contributed by atoms with Gasteiger partial charge in [-0.15, -0.1) is 0 Å². The molecule has 0 radical (unpaired) electrons. The average Bonchev–Trinajstić information content (AvgIpc) is 1.35. The second kappa shape index (κ2) is 20.8. The van der Waals surface area contributed by atoms with Gasteiger partial charge in [-0.25, -0.2) is 0 Å². The summed E-state index contributed by atoms with van der Waals surface area (Å²) in [5.41, 5.74) is 25.5. The zero-order valence-corrected chi connectivity index (χ0v) is 58.0. The molecule has 8 nitrogen and oxygen atoms in total. The van der Waals surface area contributed by atoms with E-state index in [4.69, 9.17) is 23.6 Å². The van der Waals surface area contributed by atoms with Crippen LogP contribution in [0.3, 0.4) is 0 Å². The highest BCUT2D eigenvalue weighted by atomic mass is 32.4. The van der Waals surface area contributed by atoms with Crippen molar-refractivity contribution in [2.24, 2.45) is 0 Å². The van der Waals surface area contributed by atoms with Crippen molar-refractivity contribution in [1.29, 1.82) is 0 Å². The molecule has 12 heteroatoms. The number of nitrogens with zero attached hydrogens (tertiary/aromatic N) is 8. The standard InChI is InChI=1S/C90H56N8P2S2/c101-99-85-69-51-29-53-71(85)96(62-41-19-6-20-42-62)82-84-90-81(83(89(82)99)97(63-43-21-7-22-44-63)75-55-73-77(79(87(75)99)93(69)59-35-13-3-14-36-59)65-47-25-27-49-67(65)91(73)57-31-9-1-10-32-57)95(61-39-17-5-18-40-61)72-54-30-52-70-86(72)100(90,102)88-76(98(84)64-45-23-8-24-46-64)56-74-78(80(88)94(70)60-37-15-4-16-38-60)66-48-26-28-50-68(66)92(74)58-33-11-2-12-34-58/h1-56H. The molecule has 2 atom stereocenters. The summed E-state index contributed by atoms with van der Waals surface area (Å²) >= 11 is 17.1. The van der Waals surface area contributed by atoms with Crippen LogP contribution in [0.5, 0.6) is 0 Å². The van der Waals surface area contributed by atoms with E-state index in [-0.39, 0.29) is 0 Å². The Labute approximate surface area is 598 Å². The van der Waals surface area contributed by atoms with E-state index in [1.807, 2.05) is 0 Å². The first-order valence-electron chi connectivity index (χ1n) is 34.7. The summed E-state index contributed by atoms with van der Waals surface area (Å²) in [5, 5.41) is 11.5. The minimum atomic E-state index is -3.46. The molecule has 0 saturated carbocycles. The van der Waals surface area contributed by atoms with Crippen molar-refractivity contribution in [2.75, 3.05) is 29.4 Å². The zero-order chi connectivity index (χ0) is 66.8. The lowest BCUT2D eigenvalue weighted by Gasteiger charge is -2.57. The van der Waals surface area contributed by atoms with Crippen LogP contribution in [0.4, 0.5) is 102 Å². The molecule has 6 aliphatic heterocycles. The smallest absolute Gasteiger partial charge is 0.0824 e. The van der Waals surface area contributed by atoms with Crippen molar-refractivity contribution in [3.8, 4) is 11.4 Å². The van der Waals surface area contributed by atoms with Crippen LogP contribution < -0.4 is 61.2 Å². The van der Waals surface area contributed by atoms with Gasteiger partial charge >= 0.3 is 0 Å². The molecule has 0 saturated heterocycles. The fraction of sp³-hybridized carbons (Fsp3) is 0. The molecule has 0 N–H and O–H groups in total. The van der Waals surface area contributed by atoms with Crippen LogP contribution in [0.15, 0.2) is 340 Å². The molecule has 17 aromatic rings. The second-order valence-corrected chi connectivity index (χ2v) is 35.4. The van der Waals surface area contributed by atoms with Gasteiger partial charge in [-0.1, -0.05) is 218 Å². The zero-order valence-electron chi connectivity index (χ0n) is 54.6. The van der Waals surface area contributed by atoms with Gasteiger partial charge in [-0.05, 0) is 146 Å². The highest BCUT2D eigenvalue weighted by Gasteiger charge is 2.61. The minimum Gasteiger partial charge on any atom is -0.309 e. The van der Waals surface area contributed by atoms with E-state index in [1.54, 1.807) is 0 Å². The van der Waals surface area contributed by atoms with Crippen molar-refractivity contribution >= 4 is 214 Å². The van der Waals surface area contributed by atoms with Crippen LogP contribution in [0.1, 0.15) is 0 Å². The molecule has 2 unspecified atom stereocenters. The Morgan fingerprint density at radius 3 is 0.706 bits per heavy atom. The number of anilines is 18. The summed E-state index contributed by atoms with van der Waals surface area (Å²) in [6.45, 7) is 0. The lowest BCUT2D eigenvalue weighted by Crippen LogP contribution is -2.53. The summed E-state index contributed by atoms with van der Waals surface area (Å²) in [6, 6.07) is 119. The van der Waals surface area contributed by atoms with Gasteiger partial charge in [-0.3, -0.25) is 0 Å². The molecule has 0 bridgehead atoms. The highest BCUT2D eigenvalue weighted by molar-refractivity contribution is 8.27. The summed E-state index contributed by atoms with van der Waals surface area (Å²) in [4.78, 5) is 15.7. The van der Waals surface area contributed by atoms with Gasteiger partial charge in [0.05, 0.1) is 102 Å². The van der Waals surface area contributed by atoms with Gasteiger partial charge in [0.25, 0.3) is 0 Å². The highest BCUT2D eigenvalue weighted by Crippen LogP contribution is 2.76. The monoisotopic (exact) mass is 1370 g/mol. The SMILES string of the molecule is S=P12c3c4cccc3N(c3ccccc3)c3c1c(cc1c3c3ccccc3n1-c1ccccc1)N(c1ccccc1)c1c3c5c(c(c12)N4c1ccccc1)N(c1ccccc1)c1cc2c(c4c1P5(=S)c1c(cccc1N4c1ccccc1)N3c1ccccc1)c1ccccc1n2-c1ccccc1. The maximum Gasteiger partial charge on any atom is 0.0824 e. The third-order valence-corrected chi connectivity index (χ3v) is 31.6. The fourth-order valence-electron chi connectivity index (χ4n) is 18.3.